The number of rotatable bonds is 9. The van der Waals surface area contributed by atoms with Gasteiger partial charge in [-0.25, -0.2) is 4.79 Å². The highest BCUT2D eigenvalue weighted by Crippen LogP contribution is 2.30. The van der Waals surface area contributed by atoms with E-state index in [1.807, 2.05) is 0 Å². The predicted octanol–water partition coefficient (Wildman–Crippen LogP) is 2.57. The number of nitrogens with one attached hydrogen (secondary N) is 2. The highest BCUT2D eigenvalue weighted by Gasteiger charge is 2.24. The maximum atomic E-state index is 13.7. The van der Waals surface area contributed by atoms with Crippen LogP contribution in [0, 0.1) is 0 Å². The van der Waals surface area contributed by atoms with Crippen LogP contribution in [0.1, 0.15) is 60.9 Å². The van der Waals surface area contributed by atoms with Crippen molar-refractivity contribution in [1.82, 2.24) is 19.8 Å². The lowest BCUT2D eigenvalue weighted by Crippen LogP contribution is -2.44. The Balaban J connectivity index is 1.51. The second-order valence-electron chi connectivity index (χ2n) is 10.3. The third kappa shape index (κ3) is 5.84. The summed E-state index contributed by atoms with van der Waals surface area (Å²) in [5, 5.41) is 6.23. The van der Waals surface area contributed by atoms with Gasteiger partial charge in [-0.3, -0.25) is 23.5 Å². The Bertz CT molecular complexity index is 1500. The van der Waals surface area contributed by atoms with Crippen LogP contribution in [0.5, 0.6) is 11.5 Å². The molecule has 0 bridgehead atoms. The van der Waals surface area contributed by atoms with E-state index in [1.165, 1.54) is 24.9 Å². The van der Waals surface area contributed by atoms with Gasteiger partial charge in [0.25, 0.3) is 11.5 Å². The average molecular weight is 535 g/mol. The molecule has 2 aliphatic rings. The number of hydrogen-bond donors (Lipinski definition) is 2. The normalized spacial score (nSPS) is 15.6. The molecule has 206 valence electrons. The minimum atomic E-state index is -0.603. The number of nitrogens with zero attached hydrogens (tertiary/aromatic N) is 2. The molecule has 3 aromatic rings. The van der Waals surface area contributed by atoms with Crippen molar-refractivity contribution >= 4 is 22.7 Å². The molecule has 2 aromatic carbocycles. The van der Waals surface area contributed by atoms with E-state index in [0.717, 1.165) is 49.5 Å². The molecule has 0 aliphatic heterocycles. The van der Waals surface area contributed by atoms with E-state index in [2.05, 4.69) is 10.6 Å². The van der Waals surface area contributed by atoms with Gasteiger partial charge in [0.2, 0.25) is 5.91 Å². The predicted molar refractivity (Wildman–Crippen MR) is 147 cm³/mol. The maximum absolute atomic E-state index is 13.7. The van der Waals surface area contributed by atoms with Crippen LogP contribution in [0.2, 0.25) is 0 Å². The van der Waals surface area contributed by atoms with Crippen LogP contribution >= 0.6 is 0 Å². The van der Waals surface area contributed by atoms with E-state index in [1.54, 1.807) is 30.3 Å². The first-order chi connectivity index (χ1) is 18.9. The van der Waals surface area contributed by atoms with E-state index < -0.39 is 11.2 Å². The number of methoxy groups -OCH3 is 2. The fourth-order valence-electron chi connectivity index (χ4n) is 5.14. The van der Waals surface area contributed by atoms with Crippen molar-refractivity contribution in [2.45, 2.75) is 70.1 Å². The summed E-state index contributed by atoms with van der Waals surface area (Å²) in [6, 6.07) is 10.3. The lowest BCUT2D eigenvalue weighted by atomic mass is 9.95. The fourth-order valence-corrected chi connectivity index (χ4v) is 5.14. The molecule has 5 rings (SSSR count). The standard InChI is InChI=1S/C29H34N4O6/c1-38-24-14-22-23(15-25(24)39-2)32(17-26(34)30-20-6-4-3-5-7-20)29(37)33(28(22)36)16-18-8-10-19(11-9-18)27(35)31-21-12-13-21/h8-11,14-15,20-21H,3-7,12-13,16-17H2,1-2H3,(H,30,34)(H,31,35). The first kappa shape index (κ1) is 26.5. The van der Waals surface area contributed by atoms with Gasteiger partial charge in [-0.05, 0) is 49.4 Å². The van der Waals surface area contributed by atoms with Gasteiger partial charge in [-0.1, -0.05) is 31.4 Å². The molecular formula is C29H34N4O6. The minimum Gasteiger partial charge on any atom is -0.493 e. The minimum absolute atomic E-state index is 0.0171. The van der Waals surface area contributed by atoms with Crippen LogP contribution in [0.3, 0.4) is 0 Å². The smallest absolute Gasteiger partial charge is 0.332 e. The summed E-state index contributed by atoms with van der Waals surface area (Å²) in [5.74, 6) is 0.273. The van der Waals surface area contributed by atoms with E-state index >= 15 is 0 Å². The average Bonchev–Trinajstić information content (AvgIpc) is 3.77. The number of carbonyl (C=O) groups is 2. The van der Waals surface area contributed by atoms with Crippen molar-refractivity contribution in [2.24, 2.45) is 0 Å². The Hall–Kier alpha value is -4.08. The van der Waals surface area contributed by atoms with E-state index in [4.69, 9.17) is 9.47 Å². The summed E-state index contributed by atoms with van der Waals surface area (Å²) in [6.45, 7) is -0.251. The fraction of sp³-hybridized carbons (Fsp3) is 0.448. The van der Waals surface area contributed by atoms with Crippen molar-refractivity contribution in [3.63, 3.8) is 0 Å². The Kier molecular flexibility index (Phi) is 7.72. The summed E-state index contributed by atoms with van der Waals surface area (Å²) >= 11 is 0. The summed E-state index contributed by atoms with van der Waals surface area (Å²) in [4.78, 5) is 52.7. The summed E-state index contributed by atoms with van der Waals surface area (Å²) in [7, 11) is 2.94. The molecule has 10 heteroatoms. The molecule has 2 saturated carbocycles. The van der Waals surface area contributed by atoms with Crippen LogP contribution in [0.25, 0.3) is 10.9 Å². The third-order valence-corrected chi connectivity index (χ3v) is 7.47. The molecule has 0 unspecified atom stereocenters. The van der Waals surface area contributed by atoms with Crippen molar-refractivity contribution in [3.05, 3.63) is 68.4 Å². The zero-order valence-electron chi connectivity index (χ0n) is 22.3. The number of aromatic nitrogens is 2. The number of hydrogen-bond acceptors (Lipinski definition) is 6. The number of amides is 2. The van der Waals surface area contributed by atoms with Crippen LogP contribution in [0.15, 0.2) is 46.0 Å². The molecular weight excluding hydrogens is 500 g/mol. The Morgan fingerprint density at radius 1 is 0.846 bits per heavy atom. The molecule has 2 N–H and O–H groups in total. The molecule has 0 spiro atoms. The Morgan fingerprint density at radius 3 is 2.13 bits per heavy atom. The van der Waals surface area contributed by atoms with Gasteiger partial charge in [0.05, 0.1) is 31.7 Å². The molecule has 0 atom stereocenters. The van der Waals surface area contributed by atoms with Gasteiger partial charge in [-0.2, -0.15) is 0 Å². The van der Waals surface area contributed by atoms with Crippen LogP contribution in [-0.4, -0.2) is 47.3 Å². The summed E-state index contributed by atoms with van der Waals surface area (Å²) in [5.41, 5.74) is 0.384. The molecule has 1 heterocycles. The molecule has 2 aliphatic carbocycles. The molecule has 0 radical (unpaired) electrons. The number of fused-ring (bicyclic) bond motifs is 1. The van der Waals surface area contributed by atoms with E-state index in [0.29, 0.717) is 28.1 Å². The molecule has 10 nitrogen and oxygen atoms in total. The first-order valence-electron chi connectivity index (χ1n) is 13.5. The van der Waals surface area contributed by atoms with E-state index in [9.17, 15) is 19.2 Å². The zero-order valence-corrected chi connectivity index (χ0v) is 22.3. The lowest BCUT2D eigenvalue weighted by molar-refractivity contribution is -0.122. The summed E-state index contributed by atoms with van der Waals surface area (Å²) in [6.07, 6.45) is 7.12. The van der Waals surface area contributed by atoms with Crippen molar-refractivity contribution in [3.8, 4) is 11.5 Å². The summed E-state index contributed by atoms with van der Waals surface area (Å²) < 4.78 is 13.2. The van der Waals surface area contributed by atoms with Gasteiger partial charge in [-0.15, -0.1) is 0 Å². The maximum Gasteiger partial charge on any atom is 0.332 e. The van der Waals surface area contributed by atoms with Gasteiger partial charge in [0, 0.05) is 23.7 Å². The van der Waals surface area contributed by atoms with Crippen LogP contribution in [-0.2, 0) is 17.9 Å². The highest BCUT2D eigenvalue weighted by molar-refractivity contribution is 5.94. The van der Waals surface area contributed by atoms with Gasteiger partial charge >= 0.3 is 5.69 Å². The monoisotopic (exact) mass is 534 g/mol. The number of ether oxygens (including phenoxy) is 2. The molecule has 2 fully saturated rings. The van der Waals surface area contributed by atoms with E-state index in [-0.39, 0.29) is 42.4 Å². The quantitative estimate of drug-likeness (QED) is 0.435. The number of carbonyl (C=O) groups excluding carboxylic acids is 2. The SMILES string of the molecule is COc1cc2c(=O)n(Cc3ccc(C(=O)NC4CC4)cc3)c(=O)n(CC(=O)NC3CCCCC3)c2cc1OC. The van der Waals surface area contributed by atoms with Crippen LogP contribution in [0.4, 0.5) is 0 Å². The van der Waals surface area contributed by atoms with Gasteiger partial charge in [0.15, 0.2) is 11.5 Å². The Morgan fingerprint density at radius 2 is 1.49 bits per heavy atom. The lowest BCUT2D eigenvalue weighted by Gasteiger charge is -2.23. The third-order valence-electron chi connectivity index (χ3n) is 7.47. The van der Waals surface area contributed by atoms with Gasteiger partial charge < -0.3 is 20.1 Å². The van der Waals surface area contributed by atoms with Crippen molar-refractivity contribution in [2.75, 3.05) is 14.2 Å². The zero-order chi connectivity index (χ0) is 27.5. The Labute approximate surface area is 225 Å². The molecule has 1 aromatic heterocycles. The first-order valence-corrected chi connectivity index (χ1v) is 13.5. The van der Waals surface area contributed by atoms with Crippen molar-refractivity contribution in [1.29, 1.82) is 0 Å². The second kappa shape index (κ2) is 11.3. The van der Waals surface area contributed by atoms with Crippen molar-refractivity contribution < 1.29 is 19.1 Å². The molecule has 39 heavy (non-hydrogen) atoms. The second-order valence-corrected chi connectivity index (χ2v) is 10.3. The number of benzene rings is 2. The highest BCUT2D eigenvalue weighted by atomic mass is 16.5. The largest absolute Gasteiger partial charge is 0.493 e. The topological polar surface area (TPSA) is 121 Å². The van der Waals surface area contributed by atoms with Gasteiger partial charge in [0.1, 0.15) is 6.54 Å². The molecule has 2 amide bonds. The van der Waals surface area contributed by atoms with Crippen LogP contribution < -0.4 is 31.4 Å². The molecule has 0 saturated heterocycles.